The fraction of sp³-hybridized carbons (Fsp3) is 0.900. The van der Waals surface area contributed by atoms with Crippen LogP contribution in [0.3, 0.4) is 0 Å². The number of rotatable bonds is 6. The van der Waals surface area contributed by atoms with Crippen LogP contribution in [0.2, 0.25) is 0 Å². The lowest BCUT2D eigenvalue weighted by atomic mass is 10.3. The standard InChI is InChI=1S/C10H17F3N4O3S/c1-9(2,3)21(18,19)6-8-14-15-16-17(8)4-5-20-7-10(11,12)13/h4-7H2,1-3H3. The van der Waals surface area contributed by atoms with Crippen molar-refractivity contribution in [1.82, 2.24) is 20.2 Å². The topological polar surface area (TPSA) is 87.0 Å². The molecule has 0 fully saturated rings. The Morgan fingerprint density at radius 2 is 1.86 bits per heavy atom. The lowest BCUT2D eigenvalue weighted by molar-refractivity contribution is -0.174. The maximum absolute atomic E-state index is 12.0. The summed E-state index contributed by atoms with van der Waals surface area (Å²) in [5, 5.41) is 10.5. The number of alkyl halides is 3. The van der Waals surface area contributed by atoms with Crippen molar-refractivity contribution >= 4 is 9.84 Å². The monoisotopic (exact) mass is 330 g/mol. The minimum absolute atomic E-state index is 0.0575. The average molecular weight is 330 g/mol. The summed E-state index contributed by atoms with van der Waals surface area (Å²) in [7, 11) is -3.48. The van der Waals surface area contributed by atoms with E-state index in [0.29, 0.717) is 0 Å². The molecule has 0 aliphatic heterocycles. The van der Waals surface area contributed by atoms with E-state index in [-0.39, 0.29) is 24.7 Å². The van der Waals surface area contributed by atoms with Gasteiger partial charge in [0.15, 0.2) is 15.7 Å². The fourth-order valence-electron chi connectivity index (χ4n) is 1.23. The zero-order valence-corrected chi connectivity index (χ0v) is 12.7. The first-order chi connectivity index (χ1) is 9.42. The second-order valence-corrected chi connectivity index (χ2v) is 8.10. The SMILES string of the molecule is CC(C)(C)S(=O)(=O)Cc1nnnn1CCOCC(F)(F)F. The Hall–Kier alpha value is -1.23. The van der Waals surface area contributed by atoms with E-state index in [1.807, 2.05) is 0 Å². The van der Waals surface area contributed by atoms with E-state index in [9.17, 15) is 21.6 Å². The van der Waals surface area contributed by atoms with Crippen molar-refractivity contribution in [3.8, 4) is 0 Å². The van der Waals surface area contributed by atoms with Crippen LogP contribution < -0.4 is 0 Å². The summed E-state index contributed by atoms with van der Waals surface area (Å²) < 4.78 is 64.4. The quantitative estimate of drug-likeness (QED) is 0.722. The first-order valence-electron chi connectivity index (χ1n) is 6.04. The minimum Gasteiger partial charge on any atom is -0.370 e. The molecule has 1 aromatic heterocycles. The highest BCUT2D eigenvalue weighted by Crippen LogP contribution is 2.19. The molecule has 0 spiro atoms. The van der Waals surface area contributed by atoms with Crippen molar-refractivity contribution in [3.63, 3.8) is 0 Å². The number of nitrogens with zero attached hydrogens (tertiary/aromatic N) is 4. The highest BCUT2D eigenvalue weighted by atomic mass is 32.2. The second kappa shape index (κ2) is 6.26. The summed E-state index contributed by atoms with van der Waals surface area (Å²) in [6.45, 7) is 2.94. The predicted molar refractivity (Wildman–Crippen MR) is 67.1 cm³/mol. The molecule has 0 radical (unpaired) electrons. The van der Waals surface area contributed by atoms with Gasteiger partial charge >= 0.3 is 6.18 Å². The van der Waals surface area contributed by atoms with E-state index in [1.165, 1.54) is 0 Å². The van der Waals surface area contributed by atoms with Gasteiger partial charge in [-0.2, -0.15) is 13.2 Å². The summed E-state index contributed by atoms with van der Waals surface area (Å²) >= 11 is 0. The number of halogens is 3. The maximum atomic E-state index is 12.0. The van der Waals surface area contributed by atoms with Crippen LogP contribution in [0.1, 0.15) is 26.6 Å². The minimum atomic E-state index is -4.40. The van der Waals surface area contributed by atoms with Crippen LogP contribution in [-0.2, 0) is 26.9 Å². The molecule has 0 aromatic carbocycles. The van der Waals surface area contributed by atoms with E-state index >= 15 is 0 Å². The lowest BCUT2D eigenvalue weighted by Gasteiger charge is -2.18. The predicted octanol–water partition coefficient (Wildman–Crippen LogP) is 0.965. The zero-order valence-electron chi connectivity index (χ0n) is 11.9. The second-order valence-electron chi connectivity index (χ2n) is 5.36. The molecular formula is C10H17F3N4O3S. The van der Waals surface area contributed by atoms with Crippen LogP contribution in [0.4, 0.5) is 13.2 Å². The first-order valence-corrected chi connectivity index (χ1v) is 7.69. The summed E-state index contributed by atoms with van der Waals surface area (Å²) in [6.07, 6.45) is -4.40. The van der Waals surface area contributed by atoms with Gasteiger partial charge in [0, 0.05) is 0 Å². The van der Waals surface area contributed by atoms with Crippen LogP contribution in [0.15, 0.2) is 0 Å². The molecule has 0 saturated heterocycles. The molecule has 7 nitrogen and oxygen atoms in total. The Kier molecular flexibility index (Phi) is 5.31. The van der Waals surface area contributed by atoms with Crippen LogP contribution in [-0.4, -0.2) is 52.8 Å². The van der Waals surface area contributed by atoms with Gasteiger partial charge in [-0.15, -0.1) is 5.10 Å². The number of sulfone groups is 1. The smallest absolute Gasteiger partial charge is 0.370 e. The van der Waals surface area contributed by atoms with Crippen molar-refractivity contribution in [1.29, 1.82) is 0 Å². The Labute approximate surface area is 120 Å². The van der Waals surface area contributed by atoms with Crippen molar-refractivity contribution in [3.05, 3.63) is 5.82 Å². The Balaban J connectivity index is 2.63. The van der Waals surface area contributed by atoms with E-state index in [4.69, 9.17) is 0 Å². The summed E-state index contributed by atoms with van der Waals surface area (Å²) in [6, 6.07) is 0. The van der Waals surface area contributed by atoms with Crippen LogP contribution >= 0.6 is 0 Å². The van der Waals surface area contributed by atoms with E-state index in [1.54, 1.807) is 20.8 Å². The molecule has 0 bridgehead atoms. The van der Waals surface area contributed by atoms with E-state index < -0.39 is 27.4 Å². The van der Waals surface area contributed by atoms with Crippen molar-refractivity contribution in [2.24, 2.45) is 0 Å². The third-order valence-electron chi connectivity index (χ3n) is 2.57. The van der Waals surface area contributed by atoms with Crippen LogP contribution in [0.25, 0.3) is 0 Å². The third kappa shape index (κ3) is 5.58. The largest absolute Gasteiger partial charge is 0.411 e. The van der Waals surface area contributed by atoms with E-state index in [0.717, 1.165) is 4.68 Å². The summed E-state index contributed by atoms with van der Waals surface area (Å²) in [4.78, 5) is 0. The molecule has 0 unspecified atom stereocenters. The molecule has 0 N–H and O–H groups in total. The molecule has 0 atom stereocenters. The number of aromatic nitrogens is 4. The molecule has 1 heterocycles. The molecule has 21 heavy (non-hydrogen) atoms. The summed E-state index contributed by atoms with van der Waals surface area (Å²) in [5.74, 6) is -0.316. The van der Waals surface area contributed by atoms with Crippen molar-refractivity contribution in [2.45, 2.75) is 44.0 Å². The van der Waals surface area contributed by atoms with Gasteiger partial charge in [-0.25, -0.2) is 13.1 Å². The molecule has 11 heteroatoms. The average Bonchev–Trinajstić information content (AvgIpc) is 2.68. The van der Waals surface area contributed by atoms with Gasteiger partial charge in [-0.1, -0.05) is 0 Å². The first kappa shape index (κ1) is 17.8. The van der Waals surface area contributed by atoms with Gasteiger partial charge in [-0.3, -0.25) is 0 Å². The molecule has 122 valence electrons. The maximum Gasteiger partial charge on any atom is 0.411 e. The number of hydrogen-bond donors (Lipinski definition) is 0. The highest BCUT2D eigenvalue weighted by molar-refractivity contribution is 7.91. The Morgan fingerprint density at radius 1 is 1.24 bits per heavy atom. The Morgan fingerprint density at radius 3 is 2.38 bits per heavy atom. The van der Waals surface area contributed by atoms with Crippen molar-refractivity contribution < 1.29 is 26.3 Å². The fourth-order valence-corrected chi connectivity index (χ4v) is 2.21. The lowest BCUT2D eigenvalue weighted by Crippen LogP contribution is -2.30. The van der Waals surface area contributed by atoms with Gasteiger partial charge in [-0.05, 0) is 31.2 Å². The summed E-state index contributed by atoms with van der Waals surface area (Å²) in [5.41, 5.74) is 0. The van der Waals surface area contributed by atoms with Gasteiger partial charge < -0.3 is 4.74 Å². The van der Waals surface area contributed by atoms with Crippen LogP contribution in [0, 0.1) is 0 Å². The molecule has 1 rings (SSSR count). The molecule has 0 aliphatic carbocycles. The van der Waals surface area contributed by atoms with Crippen molar-refractivity contribution in [2.75, 3.05) is 13.2 Å². The number of ether oxygens (including phenoxy) is 1. The van der Waals surface area contributed by atoms with Crippen LogP contribution in [0.5, 0.6) is 0 Å². The van der Waals surface area contributed by atoms with Gasteiger partial charge in [0.2, 0.25) is 0 Å². The molecule has 0 saturated carbocycles. The Bertz CT molecular complexity index is 563. The molecule has 0 aliphatic rings. The van der Waals surface area contributed by atoms with Gasteiger partial charge in [0.25, 0.3) is 0 Å². The number of tetrazole rings is 1. The van der Waals surface area contributed by atoms with E-state index in [2.05, 4.69) is 20.3 Å². The van der Waals surface area contributed by atoms with Gasteiger partial charge in [0.05, 0.1) is 17.9 Å². The molecule has 1 aromatic rings. The zero-order chi connectivity index (χ0) is 16.3. The highest BCUT2D eigenvalue weighted by Gasteiger charge is 2.31. The number of hydrogen-bond acceptors (Lipinski definition) is 6. The molecular weight excluding hydrogens is 313 g/mol. The third-order valence-corrected chi connectivity index (χ3v) is 5.08. The molecule has 0 amide bonds. The normalized spacial score (nSPS) is 13.6. The van der Waals surface area contributed by atoms with Gasteiger partial charge in [0.1, 0.15) is 12.4 Å².